The average molecular weight is 995 g/mol. The molecule has 19 nitrogen and oxygen atoms in total. The first kappa shape index (κ1) is 52.1. The number of amides is 7. The van der Waals surface area contributed by atoms with Gasteiger partial charge in [-0.3, -0.25) is 43.3 Å². The van der Waals surface area contributed by atoms with E-state index in [4.69, 9.17) is 5.73 Å². The molecule has 4 aromatic carbocycles. The number of carboxylic acid groups (broad SMARTS) is 2. The van der Waals surface area contributed by atoms with Crippen LogP contribution in [0.2, 0.25) is 0 Å². The molecule has 6 rings (SSSR count). The molecule has 2 aliphatic heterocycles. The van der Waals surface area contributed by atoms with Crippen LogP contribution >= 0.6 is 23.5 Å². The summed E-state index contributed by atoms with van der Waals surface area (Å²) in [5.74, 6) is -6.12. The molecule has 1 saturated heterocycles. The van der Waals surface area contributed by atoms with Crippen LogP contribution in [0.15, 0.2) is 114 Å². The number of aliphatic carboxylic acids is 2. The number of nitrogens with two attached hydrogens (primary N) is 1. The van der Waals surface area contributed by atoms with Crippen LogP contribution in [0, 0.1) is 0 Å². The lowest BCUT2D eigenvalue weighted by Crippen LogP contribution is -2.71. The summed E-state index contributed by atoms with van der Waals surface area (Å²) in [4.78, 5) is 117. The van der Waals surface area contributed by atoms with E-state index in [0.717, 1.165) is 26.8 Å². The highest BCUT2D eigenvalue weighted by Gasteiger charge is 2.54. The zero-order valence-corrected chi connectivity index (χ0v) is 39.5. The fraction of sp³-hybridized carbons (Fsp3) is 0.327. The minimum Gasteiger partial charge on any atom is -0.481 e. The predicted molar refractivity (Wildman–Crippen MR) is 263 cm³/mol. The van der Waals surface area contributed by atoms with Gasteiger partial charge in [-0.2, -0.15) is 11.8 Å². The molecule has 0 aliphatic carbocycles. The molecule has 0 bridgehead atoms. The second-order valence-corrected chi connectivity index (χ2v) is 18.7. The number of rotatable bonds is 25. The van der Waals surface area contributed by atoms with Crippen LogP contribution in [0.5, 0.6) is 0 Å². The van der Waals surface area contributed by atoms with E-state index in [1.807, 2.05) is 60.7 Å². The first-order chi connectivity index (χ1) is 33.7. The topological polar surface area (TPSA) is 296 Å². The summed E-state index contributed by atoms with van der Waals surface area (Å²) in [6.07, 6.45) is -0.621. The van der Waals surface area contributed by atoms with E-state index >= 15 is 0 Å². The molecule has 2 aliphatic rings. The van der Waals surface area contributed by atoms with Crippen LogP contribution in [0.25, 0.3) is 10.8 Å². The van der Waals surface area contributed by atoms with Gasteiger partial charge in [0, 0.05) is 43.1 Å². The molecule has 0 spiro atoms. The summed E-state index contributed by atoms with van der Waals surface area (Å²) in [6, 6.07) is 26.9. The van der Waals surface area contributed by atoms with Crippen molar-refractivity contribution in [1.29, 1.82) is 0 Å². The van der Waals surface area contributed by atoms with E-state index in [2.05, 4.69) is 31.9 Å². The van der Waals surface area contributed by atoms with Gasteiger partial charge >= 0.3 is 11.9 Å². The average Bonchev–Trinajstić information content (AvgIpc) is 3.35. The number of β-lactam (4-membered cyclic amide) rings is 1. The van der Waals surface area contributed by atoms with Crippen molar-refractivity contribution in [2.75, 3.05) is 36.9 Å². The Morgan fingerprint density at radius 1 is 0.700 bits per heavy atom. The summed E-state index contributed by atoms with van der Waals surface area (Å²) in [7, 11) is 0. The molecule has 7 amide bonds. The van der Waals surface area contributed by atoms with Gasteiger partial charge in [0.2, 0.25) is 35.4 Å². The zero-order valence-electron chi connectivity index (χ0n) is 37.9. The van der Waals surface area contributed by atoms with Crippen LogP contribution in [0.1, 0.15) is 29.5 Å². The van der Waals surface area contributed by atoms with Gasteiger partial charge in [-0.1, -0.05) is 103 Å². The predicted octanol–water partition coefficient (Wildman–Crippen LogP) is 0.850. The Labute approximate surface area is 411 Å². The smallest absolute Gasteiger partial charge is 0.352 e. The minimum atomic E-state index is -1.31. The summed E-state index contributed by atoms with van der Waals surface area (Å²) in [6.45, 7) is -0.903. The van der Waals surface area contributed by atoms with E-state index < -0.39 is 95.8 Å². The summed E-state index contributed by atoms with van der Waals surface area (Å²) in [5, 5.41) is 36.5. The number of fused-ring (bicyclic) bond motifs is 2. The SMILES string of the molecule is NCC(=O)N[C@@H]1C(=O)N2C(C(=O)O)=C(CSCCNC(=O)[C@H](CCC(=O)O)NC(=O)CNC(=O)[C@H](Cc3ccccc3)NC(=O)[C@H](Cc3ccccc3)NC(=O)Cc3ccc4ccccc4c3)CS[C@H]12. The van der Waals surface area contributed by atoms with Crippen molar-refractivity contribution in [2.24, 2.45) is 5.73 Å². The summed E-state index contributed by atoms with van der Waals surface area (Å²) >= 11 is 2.58. The van der Waals surface area contributed by atoms with Gasteiger partial charge in [0.05, 0.1) is 19.5 Å². The highest BCUT2D eigenvalue weighted by atomic mass is 32.2. The van der Waals surface area contributed by atoms with Gasteiger partial charge in [-0.15, -0.1) is 11.8 Å². The zero-order chi connectivity index (χ0) is 50.2. The number of nitrogens with one attached hydrogen (secondary N) is 6. The fourth-order valence-electron chi connectivity index (χ4n) is 7.83. The molecule has 0 unspecified atom stereocenters. The Bertz CT molecular complexity index is 2620. The van der Waals surface area contributed by atoms with E-state index in [1.54, 1.807) is 42.5 Å². The van der Waals surface area contributed by atoms with E-state index in [0.29, 0.717) is 11.1 Å². The Balaban J connectivity index is 1.04. The van der Waals surface area contributed by atoms with Crippen LogP contribution in [-0.2, 0) is 62.4 Å². The van der Waals surface area contributed by atoms with Crippen molar-refractivity contribution in [1.82, 2.24) is 36.8 Å². The highest BCUT2D eigenvalue weighted by molar-refractivity contribution is 8.01. The molecular formula is C49H54N8O11S2. The van der Waals surface area contributed by atoms with Gasteiger partial charge in [0.1, 0.15) is 35.2 Å². The minimum absolute atomic E-state index is 0.00502. The number of nitrogens with zero attached hydrogens (tertiary/aromatic N) is 1. The van der Waals surface area contributed by atoms with Gasteiger partial charge in [0.15, 0.2) is 0 Å². The third-order valence-electron chi connectivity index (χ3n) is 11.3. The second-order valence-electron chi connectivity index (χ2n) is 16.4. The summed E-state index contributed by atoms with van der Waals surface area (Å²) < 4.78 is 0. The maximum atomic E-state index is 14.1. The lowest BCUT2D eigenvalue weighted by molar-refractivity contribution is -0.150. The maximum Gasteiger partial charge on any atom is 0.352 e. The van der Waals surface area contributed by atoms with Crippen LogP contribution in [-0.4, -0.2) is 135 Å². The molecule has 4 aromatic rings. The summed E-state index contributed by atoms with van der Waals surface area (Å²) in [5.41, 5.74) is 7.85. The number of thioether (sulfide) groups is 2. The molecular weight excluding hydrogens is 941 g/mol. The van der Waals surface area contributed by atoms with Crippen LogP contribution in [0.3, 0.4) is 0 Å². The van der Waals surface area contributed by atoms with E-state index in [1.165, 1.54) is 23.5 Å². The molecule has 1 fully saturated rings. The molecule has 10 N–H and O–H groups in total. The molecule has 70 heavy (non-hydrogen) atoms. The molecule has 5 atom stereocenters. The van der Waals surface area contributed by atoms with Gasteiger partial charge in [-0.05, 0) is 39.5 Å². The van der Waals surface area contributed by atoms with Crippen LogP contribution < -0.4 is 37.6 Å². The lowest BCUT2D eigenvalue weighted by atomic mass is 10.0. The molecule has 0 saturated carbocycles. The molecule has 368 valence electrons. The molecule has 2 heterocycles. The molecule has 21 heteroatoms. The van der Waals surface area contributed by atoms with Crippen molar-refractivity contribution >= 4 is 87.6 Å². The number of carboxylic acids is 2. The Morgan fingerprint density at radius 2 is 1.31 bits per heavy atom. The van der Waals surface area contributed by atoms with Crippen molar-refractivity contribution in [3.8, 4) is 0 Å². The van der Waals surface area contributed by atoms with Crippen molar-refractivity contribution in [3.63, 3.8) is 0 Å². The molecule has 0 radical (unpaired) electrons. The standard InChI is InChI=1S/C49H54N8O11S2/c50-25-39(59)56-42-47(66)57-43(49(67)68)34(28-70-48(42)57)27-69-20-19-51-44(63)35(17-18-41(61)62)53-40(60)26-52-45(64)36(22-29-9-3-1-4-10-29)55-46(65)37(23-30-11-5-2-6-12-30)54-38(58)24-31-15-16-32-13-7-8-14-33(32)21-31/h1-16,21,35-37,42,48H,17-20,22-28,50H2,(H,51,63)(H,52,64)(H,53,60)(H,54,58)(H,55,65)(H,56,59)(H,61,62)(H,67,68)/t35-,36-,37-,42+,48+/m0/s1. The Hall–Kier alpha value is -7.23. The number of hydrogen-bond donors (Lipinski definition) is 9. The number of hydrogen-bond acceptors (Lipinski definition) is 12. The quantitative estimate of drug-likeness (QED) is 0.0329. The number of carbonyl (C=O) groups is 9. The fourth-order valence-corrected chi connectivity index (χ4v) is 10.2. The maximum absolute atomic E-state index is 14.1. The third-order valence-corrected chi connectivity index (χ3v) is 13.7. The first-order valence-electron chi connectivity index (χ1n) is 22.4. The number of carbonyl (C=O) groups excluding carboxylic acids is 7. The monoisotopic (exact) mass is 994 g/mol. The van der Waals surface area contributed by atoms with Crippen molar-refractivity contribution in [2.45, 2.75) is 61.6 Å². The van der Waals surface area contributed by atoms with Crippen molar-refractivity contribution < 1.29 is 53.4 Å². The normalized spacial score (nSPS) is 16.4. The highest BCUT2D eigenvalue weighted by Crippen LogP contribution is 2.41. The van der Waals surface area contributed by atoms with Crippen LogP contribution in [0.4, 0.5) is 0 Å². The largest absolute Gasteiger partial charge is 0.481 e. The van der Waals surface area contributed by atoms with Crippen molar-refractivity contribution in [3.05, 3.63) is 131 Å². The lowest BCUT2D eigenvalue weighted by Gasteiger charge is -2.49. The van der Waals surface area contributed by atoms with Gasteiger partial charge < -0.3 is 47.8 Å². The van der Waals surface area contributed by atoms with E-state index in [-0.39, 0.29) is 61.7 Å². The first-order valence-corrected chi connectivity index (χ1v) is 24.6. The second kappa shape index (κ2) is 25.4. The van der Waals surface area contributed by atoms with E-state index in [9.17, 15) is 53.4 Å². The van der Waals surface area contributed by atoms with Gasteiger partial charge in [0.25, 0.3) is 5.91 Å². The van der Waals surface area contributed by atoms with Gasteiger partial charge in [-0.25, -0.2) is 4.79 Å². The number of benzene rings is 4. The third kappa shape index (κ3) is 14.6. The molecule has 0 aromatic heterocycles. The Kier molecular flexibility index (Phi) is 18.9. The Morgan fingerprint density at radius 3 is 1.96 bits per heavy atom.